The second-order valence-corrected chi connectivity index (χ2v) is 6.40. The minimum absolute atomic E-state index is 0.0830. The van der Waals surface area contributed by atoms with E-state index in [-0.39, 0.29) is 12.5 Å². The highest BCUT2D eigenvalue weighted by Crippen LogP contribution is 2.19. The molecule has 0 spiro atoms. The first-order valence-corrected chi connectivity index (χ1v) is 7.44. The van der Waals surface area contributed by atoms with Crippen LogP contribution in [0.2, 0.25) is 0 Å². The zero-order valence-corrected chi connectivity index (χ0v) is 13.4. The van der Waals surface area contributed by atoms with Gasteiger partial charge in [0.2, 0.25) is 5.91 Å². The first-order chi connectivity index (χ1) is 9.01. The standard InChI is InChI=1S/C15H22BrNO2/c1-11(2)8-13(16)9-12-4-6-14(7-5-12)17-15(18)10-19-3/h4-7,11,13H,8-10H2,1-3H3,(H,17,18). The van der Waals surface area contributed by atoms with E-state index in [2.05, 4.69) is 47.2 Å². The fraction of sp³-hybridized carbons (Fsp3) is 0.533. The van der Waals surface area contributed by atoms with Gasteiger partial charge in [0, 0.05) is 17.6 Å². The third-order valence-corrected chi connectivity index (χ3v) is 3.40. The second kappa shape index (κ2) is 8.33. The first-order valence-electron chi connectivity index (χ1n) is 6.53. The summed E-state index contributed by atoms with van der Waals surface area (Å²) in [6.07, 6.45) is 2.16. The first kappa shape index (κ1) is 16.2. The number of amides is 1. The third kappa shape index (κ3) is 6.73. The van der Waals surface area contributed by atoms with Crippen molar-refractivity contribution in [3.63, 3.8) is 0 Å². The number of ether oxygens (including phenoxy) is 1. The lowest BCUT2D eigenvalue weighted by Gasteiger charge is -2.12. The van der Waals surface area contributed by atoms with Crippen LogP contribution in [0.4, 0.5) is 5.69 Å². The van der Waals surface area contributed by atoms with E-state index >= 15 is 0 Å². The van der Waals surface area contributed by atoms with Gasteiger partial charge in [0.05, 0.1) is 0 Å². The van der Waals surface area contributed by atoms with Crippen LogP contribution in [0.5, 0.6) is 0 Å². The molecule has 3 nitrogen and oxygen atoms in total. The zero-order chi connectivity index (χ0) is 14.3. The predicted molar refractivity (Wildman–Crippen MR) is 82.8 cm³/mol. The molecule has 0 aliphatic heterocycles. The number of hydrogen-bond donors (Lipinski definition) is 1. The molecule has 0 aromatic heterocycles. The van der Waals surface area contributed by atoms with Gasteiger partial charge in [-0.2, -0.15) is 0 Å². The van der Waals surface area contributed by atoms with Gasteiger partial charge >= 0.3 is 0 Å². The predicted octanol–water partition coefficient (Wildman–Crippen LogP) is 3.62. The highest BCUT2D eigenvalue weighted by molar-refractivity contribution is 9.09. The lowest BCUT2D eigenvalue weighted by atomic mass is 10.0. The third-order valence-electron chi connectivity index (χ3n) is 2.70. The monoisotopic (exact) mass is 327 g/mol. The fourth-order valence-electron chi connectivity index (χ4n) is 1.90. The van der Waals surface area contributed by atoms with Crippen LogP contribution in [-0.2, 0) is 16.0 Å². The fourth-order valence-corrected chi connectivity index (χ4v) is 3.02. The molecule has 1 atom stereocenters. The van der Waals surface area contributed by atoms with E-state index in [1.165, 1.54) is 12.7 Å². The number of hydrogen-bond acceptors (Lipinski definition) is 2. The van der Waals surface area contributed by atoms with Crippen molar-refractivity contribution in [3.05, 3.63) is 29.8 Å². The van der Waals surface area contributed by atoms with Crippen LogP contribution in [-0.4, -0.2) is 24.5 Å². The molecule has 0 bridgehead atoms. The Morgan fingerprint density at radius 3 is 2.47 bits per heavy atom. The summed E-state index contributed by atoms with van der Waals surface area (Å²) in [7, 11) is 1.51. The summed E-state index contributed by atoms with van der Waals surface area (Å²) in [5, 5.41) is 2.78. The maximum absolute atomic E-state index is 11.4. The number of benzene rings is 1. The number of alkyl halides is 1. The summed E-state index contributed by atoms with van der Waals surface area (Å²) in [5.41, 5.74) is 2.08. The zero-order valence-electron chi connectivity index (χ0n) is 11.8. The van der Waals surface area contributed by atoms with E-state index < -0.39 is 0 Å². The van der Waals surface area contributed by atoms with E-state index in [9.17, 15) is 4.79 Å². The van der Waals surface area contributed by atoms with Crippen LogP contribution in [0, 0.1) is 5.92 Å². The molecule has 1 rings (SSSR count). The Morgan fingerprint density at radius 1 is 1.32 bits per heavy atom. The molecular weight excluding hydrogens is 306 g/mol. The van der Waals surface area contributed by atoms with Crippen LogP contribution < -0.4 is 5.32 Å². The van der Waals surface area contributed by atoms with Crippen molar-refractivity contribution in [3.8, 4) is 0 Å². The van der Waals surface area contributed by atoms with Crippen molar-refractivity contribution in [1.82, 2.24) is 0 Å². The maximum Gasteiger partial charge on any atom is 0.250 e. The van der Waals surface area contributed by atoms with Crippen molar-refractivity contribution in [2.24, 2.45) is 5.92 Å². The molecule has 0 aliphatic carbocycles. The smallest absolute Gasteiger partial charge is 0.250 e. The quantitative estimate of drug-likeness (QED) is 0.777. The van der Waals surface area contributed by atoms with Gasteiger partial charge < -0.3 is 10.1 Å². The summed E-state index contributed by atoms with van der Waals surface area (Å²) in [6.45, 7) is 4.53. The van der Waals surface area contributed by atoms with Crippen molar-refractivity contribution in [1.29, 1.82) is 0 Å². The van der Waals surface area contributed by atoms with Gasteiger partial charge in [-0.05, 0) is 36.5 Å². The van der Waals surface area contributed by atoms with Gasteiger partial charge in [-0.25, -0.2) is 0 Å². The van der Waals surface area contributed by atoms with Gasteiger partial charge in [-0.15, -0.1) is 0 Å². The summed E-state index contributed by atoms with van der Waals surface area (Å²) >= 11 is 3.71. The number of halogens is 1. The number of nitrogens with one attached hydrogen (secondary N) is 1. The molecule has 1 N–H and O–H groups in total. The lowest BCUT2D eigenvalue weighted by molar-refractivity contribution is -0.119. The molecule has 1 amide bonds. The SMILES string of the molecule is COCC(=O)Nc1ccc(CC(Br)CC(C)C)cc1. The minimum Gasteiger partial charge on any atom is -0.375 e. The molecule has 0 fully saturated rings. The molecule has 19 heavy (non-hydrogen) atoms. The molecule has 0 saturated carbocycles. The molecule has 0 radical (unpaired) electrons. The molecule has 1 unspecified atom stereocenters. The Balaban J connectivity index is 2.49. The van der Waals surface area contributed by atoms with E-state index in [1.54, 1.807) is 0 Å². The molecule has 106 valence electrons. The molecule has 1 aromatic carbocycles. The van der Waals surface area contributed by atoms with Gasteiger partial charge in [0.15, 0.2) is 0 Å². The van der Waals surface area contributed by atoms with Crippen LogP contribution in [0.15, 0.2) is 24.3 Å². The average molecular weight is 328 g/mol. The summed E-state index contributed by atoms with van der Waals surface area (Å²) in [4.78, 5) is 11.9. The van der Waals surface area contributed by atoms with Crippen LogP contribution in [0.3, 0.4) is 0 Å². The Kier molecular flexibility index (Phi) is 7.10. The molecule has 4 heteroatoms. The van der Waals surface area contributed by atoms with Gasteiger partial charge in [-0.3, -0.25) is 4.79 Å². The Labute approximate surface area is 123 Å². The highest BCUT2D eigenvalue weighted by atomic mass is 79.9. The molecule has 1 aromatic rings. The molecule has 0 heterocycles. The summed E-state index contributed by atoms with van der Waals surface area (Å²) in [5.74, 6) is 0.561. The molecule has 0 saturated heterocycles. The second-order valence-electron chi connectivity index (χ2n) is 5.11. The average Bonchev–Trinajstić information content (AvgIpc) is 2.31. The topological polar surface area (TPSA) is 38.3 Å². The van der Waals surface area contributed by atoms with E-state index in [0.29, 0.717) is 10.7 Å². The molecular formula is C15H22BrNO2. The number of anilines is 1. The Bertz CT molecular complexity index is 390. The van der Waals surface area contributed by atoms with Crippen molar-refractivity contribution in [2.45, 2.75) is 31.5 Å². The maximum atomic E-state index is 11.4. The Morgan fingerprint density at radius 2 is 1.95 bits per heavy atom. The lowest BCUT2D eigenvalue weighted by Crippen LogP contribution is -2.17. The van der Waals surface area contributed by atoms with Crippen molar-refractivity contribution in [2.75, 3.05) is 19.0 Å². The molecule has 0 aliphatic rings. The van der Waals surface area contributed by atoms with E-state index in [0.717, 1.165) is 18.5 Å². The number of methoxy groups -OCH3 is 1. The van der Waals surface area contributed by atoms with E-state index in [4.69, 9.17) is 4.74 Å². The minimum atomic E-state index is -0.131. The van der Waals surface area contributed by atoms with Gasteiger partial charge in [0.1, 0.15) is 6.61 Å². The van der Waals surface area contributed by atoms with Crippen LogP contribution in [0.1, 0.15) is 25.8 Å². The summed E-state index contributed by atoms with van der Waals surface area (Å²) in [6, 6.07) is 7.96. The van der Waals surface area contributed by atoms with Crippen molar-refractivity contribution < 1.29 is 9.53 Å². The van der Waals surface area contributed by atoms with E-state index in [1.807, 2.05) is 12.1 Å². The number of carbonyl (C=O) groups excluding carboxylic acids is 1. The highest BCUT2D eigenvalue weighted by Gasteiger charge is 2.08. The summed E-state index contributed by atoms with van der Waals surface area (Å²) < 4.78 is 4.77. The Hall–Kier alpha value is -0.870. The van der Waals surface area contributed by atoms with Crippen LogP contribution >= 0.6 is 15.9 Å². The van der Waals surface area contributed by atoms with Crippen molar-refractivity contribution >= 4 is 27.5 Å². The number of rotatable bonds is 7. The normalized spacial score (nSPS) is 12.5. The van der Waals surface area contributed by atoms with Gasteiger partial charge in [0.25, 0.3) is 0 Å². The largest absolute Gasteiger partial charge is 0.375 e. The number of carbonyl (C=O) groups is 1. The van der Waals surface area contributed by atoms with Gasteiger partial charge in [-0.1, -0.05) is 41.9 Å². The van der Waals surface area contributed by atoms with Crippen LogP contribution in [0.25, 0.3) is 0 Å².